The second kappa shape index (κ2) is 13.6. The van der Waals surface area contributed by atoms with Crippen molar-refractivity contribution in [3.8, 4) is 0 Å². The van der Waals surface area contributed by atoms with E-state index in [1.807, 2.05) is 0 Å². The molecule has 2 bridgehead atoms. The summed E-state index contributed by atoms with van der Waals surface area (Å²) < 4.78 is 0. The van der Waals surface area contributed by atoms with Crippen molar-refractivity contribution in [2.75, 3.05) is 6.54 Å². The van der Waals surface area contributed by atoms with Crippen molar-refractivity contribution >= 4 is 20.2 Å². The molecule has 2 heterocycles. The van der Waals surface area contributed by atoms with Crippen LogP contribution in [0.1, 0.15) is 69.7 Å². The molecule has 4 N–H and O–H groups in total. The molecule has 0 saturated heterocycles. The Balaban J connectivity index is 0.000000806. The average Bonchev–Trinajstić information content (AvgIpc) is 2.77. The summed E-state index contributed by atoms with van der Waals surface area (Å²) in [6.07, 6.45) is 10.5. The Labute approximate surface area is 196 Å². The van der Waals surface area contributed by atoms with E-state index in [0.29, 0.717) is 30.2 Å². The maximum atomic E-state index is 4.91. The van der Waals surface area contributed by atoms with E-state index in [-0.39, 0.29) is 13.1 Å². The molecule has 5 atom stereocenters. The van der Waals surface area contributed by atoms with Crippen LogP contribution >= 0.6 is 20.2 Å². The van der Waals surface area contributed by atoms with Crippen LogP contribution in [0.3, 0.4) is 0 Å². The third-order valence-electron chi connectivity index (χ3n) is 6.67. The molecule has 0 unspecified atom stereocenters. The van der Waals surface area contributed by atoms with Gasteiger partial charge in [0.25, 0.3) is 0 Å². The SMILES string of the molecule is C[C@@H]1CN[C@@H]2CCCC[C@H]2NCc2cccc(n2)CN[C@@H]2CCCC[C@H]2N1.[Cl][Mn][Cl]. The molecule has 4 rings (SSSR count). The molecule has 171 valence electrons. The Morgan fingerprint density at radius 3 is 1.83 bits per heavy atom. The summed E-state index contributed by atoms with van der Waals surface area (Å²) in [5, 5.41) is 15.4. The predicted octanol–water partition coefficient (Wildman–Crippen LogP) is 3.84. The predicted molar refractivity (Wildman–Crippen MR) is 122 cm³/mol. The number of rotatable bonds is 0. The number of halogens is 2. The number of aromatic nitrogens is 1. The standard InChI is InChI=1S/C22H37N5.2ClH.Mn/c1-16-13-23-19-9-2-3-10-20(19)24-14-17-7-6-8-18(27-17)15-25-21-11-4-5-12-22(21)26-16;;;/h6-8,16,19-26H,2-5,9-15H2,1H3;2*1H;/q;;;+2/p-2/t16-,19-,20-,21-,22-;;;/m1.../s1. The molecule has 0 amide bonds. The van der Waals surface area contributed by atoms with E-state index in [1.165, 1.54) is 62.8 Å². The molecule has 2 aliphatic carbocycles. The minimum absolute atomic E-state index is 0.00694. The van der Waals surface area contributed by atoms with Crippen LogP contribution in [0.15, 0.2) is 18.2 Å². The molecular formula is C22H37Cl2MnN5. The molecule has 5 nitrogen and oxygen atoms in total. The fourth-order valence-electron chi connectivity index (χ4n) is 5.14. The van der Waals surface area contributed by atoms with Gasteiger partial charge < -0.3 is 21.3 Å². The third kappa shape index (κ3) is 7.90. The summed E-state index contributed by atoms with van der Waals surface area (Å²) in [4.78, 5) is 4.91. The van der Waals surface area contributed by atoms with E-state index >= 15 is 0 Å². The van der Waals surface area contributed by atoms with Gasteiger partial charge in [-0.2, -0.15) is 0 Å². The van der Waals surface area contributed by atoms with Gasteiger partial charge in [-0.1, -0.05) is 31.7 Å². The van der Waals surface area contributed by atoms with Crippen LogP contribution < -0.4 is 21.3 Å². The van der Waals surface area contributed by atoms with Crippen LogP contribution in [0.25, 0.3) is 0 Å². The van der Waals surface area contributed by atoms with E-state index in [9.17, 15) is 0 Å². The summed E-state index contributed by atoms with van der Waals surface area (Å²) in [5.41, 5.74) is 2.33. The monoisotopic (exact) mass is 496 g/mol. The second-order valence-electron chi connectivity index (χ2n) is 8.91. The summed E-state index contributed by atoms with van der Waals surface area (Å²) in [5.74, 6) is 0. The fourth-order valence-corrected chi connectivity index (χ4v) is 5.14. The number of fused-ring (bicyclic) bond motifs is 4. The van der Waals surface area contributed by atoms with Crippen LogP contribution in [0, 0.1) is 0 Å². The Morgan fingerprint density at radius 2 is 1.27 bits per heavy atom. The Morgan fingerprint density at radius 1 is 0.800 bits per heavy atom. The quantitative estimate of drug-likeness (QED) is 0.411. The minimum atomic E-state index is 0.00694. The summed E-state index contributed by atoms with van der Waals surface area (Å²) in [6, 6.07) is 9.25. The van der Waals surface area contributed by atoms with Gasteiger partial charge in [0.1, 0.15) is 0 Å². The fraction of sp³-hybridized carbons (Fsp3) is 0.773. The first-order valence-corrected chi connectivity index (χ1v) is 14.7. The third-order valence-corrected chi connectivity index (χ3v) is 6.67. The number of nitrogens with one attached hydrogen (secondary N) is 4. The molecule has 1 aromatic rings. The van der Waals surface area contributed by atoms with Crippen molar-refractivity contribution in [2.45, 2.75) is 102 Å². The zero-order valence-electron chi connectivity index (χ0n) is 18.0. The molecule has 1 aliphatic heterocycles. The summed E-state index contributed by atoms with van der Waals surface area (Å²) in [6.45, 7) is 5.14. The molecule has 0 aromatic carbocycles. The summed E-state index contributed by atoms with van der Waals surface area (Å²) >= 11 is 0.00694. The number of pyridine rings is 1. The van der Waals surface area contributed by atoms with Gasteiger partial charge in [0.15, 0.2) is 0 Å². The van der Waals surface area contributed by atoms with Gasteiger partial charge in [-0.15, -0.1) is 0 Å². The second-order valence-corrected chi connectivity index (χ2v) is 10.9. The van der Waals surface area contributed by atoms with Crippen LogP contribution in [-0.2, 0) is 26.2 Å². The van der Waals surface area contributed by atoms with E-state index in [4.69, 9.17) is 25.2 Å². The molecule has 0 radical (unpaired) electrons. The van der Waals surface area contributed by atoms with Crippen LogP contribution in [0.4, 0.5) is 0 Å². The van der Waals surface area contributed by atoms with Gasteiger partial charge in [0.2, 0.25) is 0 Å². The first kappa shape index (κ1) is 24.7. The van der Waals surface area contributed by atoms with Crippen LogP contribution in [-0.4, -0.2) is 41.7 Å². The Kier molecular flexibility index (Phi) is 11.2. The first-order chi connectivity index (χ1) is 14.7. The van der Waals surface area contributed by atoms with E-state index < -0.39 is 0 Å². The molecule has 2 fully saturated rings. The summed E-state index contributed by atoms with van der Waals surface area (Å²) in [7, 11) is 9.59. The van der Waals surface area contributed by atoms with Gasteiger partial charge in [0, 0.05) is 49.8 Å². The van der Waals surface area contributed by atoms with Crippen LogP contribution in [0.2, 0.25) is 0 Å². The van der Waals surface area contributed by atoms with Gasteiger partial charge in [-0.25, -0.2) is 0 Å². The zero-order chi connectivity index (χ0) is 21.2. The molecule has 2 saturated carbocycles. The Bertz CT molecular complexity index is 623. The van der Waals surface area contributed by atoms with E-state index in [2.05, 4.69) is 46.4 Å². The molecule has 30 heavy (non-hydrogen) atoms. The van der Waals surface area contributed by atoms with Gasteiger partial charge in [0.05, 0.1) is 11.4 Å². The van der Waals surface area contributed by atoms with Crippen molar-refractivity contribution in [3.05, 3.63) is 29.6 Å². The molecule has 3 aliphatic rings. The number of nitrogens with zero attached hydrogens (tertiary/aromatic N) is 1. The molecular weight excluding hydrogens is 460 g/mol. The van der Waals surface area contributed by atoms with Crippen molar-refractivity contribution in [3.63, 3.8) is 0 Å². The van der Waals surface area contributed by atoms with Gasteiger partial charge >= 0.3 is 33.3 Å². The average molecular weight is 497 g/mol. The van der Waals surface area contributed by atoms with E-state index in [1.54, 1.807) is 0 Å². The number of hydrogen-bond acceptors (Lipinski definition) is 5. The van der Waals surface area contributed by atoms with Crippen molar-refractivity contribution < 1.29 is 13.1 Å². The first-order valence-electron chi connectivity index (χ1n) is 11.5. The van der Waals surface area contributed by atoms with Crippen molar-refractivity contribution in [1.82, 2.24) is 26.3 Å². The maximum absolute atomic E-state index is 4.91. The van der Waals surface area contributed by atoms with Crippen molar-refractivity contribution in [1.29, 1.82) is 0 Å². The van der Waals surface area contributed by atoms with E-state index in [0.717, 1.165) is 19.6 Å². The normalized spacial score (nSPS) is 33.0. The number of hydrogen-bond donors (Lipinski definition) is 4. The molecule has 8 heteroatoms. The molecule has 0 spiro atoms. The topological polar surface area (TPSA) is 61.0 Å². The molecule has 1 aromatic heterocycles. The Hall–Kier alpha value is 0.0895. The van der Waals surface area contributed by atoms with Crippen molar-refractivity contribution in [2.24, 2.45) is 0 Å². The van der Waals surface area contributed by atoms with Gasteiger partial charge in [-0.05, 0) is 44.7 Å². The van der Waals surface area contributed by atoms with Gasteiger partial charge in [-0.3, -0.25) is 4.98 Å². The van der Waals surface area contributed by atoms with Crippen LogP contribution in [0.5, 0.6) is 0 Å². The zero-order valence-corrected chi connectivity index (χ0v) is 20.7.